The average molecular weight is 385 g/mol. The van der Waals surface area contributed by atoms with Crippen molar-refractivity contribution in [2.45, 2.75) is 52.5 Å². The van der Waals surface area contributed by atoms with Crippen LogP contribution in [-0.2, 0) is 13.0 Å². The summed E-state index contributed by atoms with van der Waals surface area (Å²) in [6.07, 6.45) is 5.51. The van der Waals surface area contributed by atoms with Gasteiger partial charge in [0.15, 0.2) is 0 Å². The molecule has 2 amide bonds. The zero-order chi connectivity index (χ0) is 19.2. The zero-order valence-electron chi connectivity index (χ0n) is 16.2. The number of hydrogen-bond donors (Lipinski definition) is 1. The molecule has 2 aromatic rings. The minimum absolute atomic E-state index is 0.0288. The van der Waals surface area contributed by atoms with Crippen molar-refractivity contribution in [3.8, 4) is 0 Å². The Bertz CT molecular complexity index is 789. The summed E-state index contributed by atoms with van der Waals surface area (Å²) in [6, 6.07) is 9.61. The molecule has 1 aromatic heterocycles. The van der Waals surface area contributed by atoms with Crippen LogP contribution in [0.25, 0.3) is 0 Å². The van der Waals surface area contributed by atoms with Gasteiger partial charge in [0.25, 0.3) is 11.8 Å². The van der Waals surface area contributed by atoms with Gasteiger partial charge in [0.2, 0.25) is 0 Å². The minimum Gasteiger partial charge on any atom is -0.347 e. The topological polar surface area (TPSA) is 49.4 Å². The van der Waals surface area contributed by atoms with Crippen molar-refractivity contribution >= 4 is 23.2 Å². The monoisotopic (exact) mass is 384 g/mol. The Labute approximate surface area is 165 Å². The summed E-state index contributed by atoms with van der Waals surface area (Å²) in [7, 11) is 0. The van der Waals surface area contributed by atoms with Crippen molar-refractivity contribution in [3.63, 3.8) is 0 Å². The highest BCUT2D eigenvalue weighted by Crippen LogP contribution is 2.23. The van der Waals surface area contributed by atoms with Crippen molar-refractivity contribution in [1.29, 1.82) is 0 Å². The molecular formula is C22H28N2O2S. The maximum atomic E-state index is 12.5. The summed E-state index contributed by atoms with van der Waals surface area (Å²) in [5.74, 6) is 0.0849. The first kappa shape index (κ1) is 19.6. The molecule has 0 radical (unpaired) electrons. The van der Waals surface area contributed by atoms with E-state index in [9.17, 15) is 9.59 Å². The van der Waals surface area contributed by atoms with Gasteiger partial charge in [-0.15, -0.1) is 11.3 Å². The van der Waals surface area contributed by atoms with Gasteiger partial charge in [0, 0.05) is 30.1 Å². The Morgan fingerprint density at radius 3 is 2.48 bits per heavy atom. The second-order valence-corrected chi connectivity index (χ2v) is 8.43. The second-order valence-electron chi connectivity index (χ2n) is 7.17. The third-order valence-electron chi connectivity index (χ3n) is 5.06. The lowest BCUT2D eigenvalue weighted by Crippen LogP contribution is -2.35. The third-order valence-corrected chi connectivity index (χ3v) is 6.15. The van der Waals surface area contributed by atoms with Gasteiger partial charge in [-0.1, -0.05) is 25.5 Å². The number of benzene rings is 1. The number of rotatable bonds is 6. The molecule has 0 spiro atoms. The maximum absolute atomic E-state index is 12.5. The minimum atomic E-state index is -0.0288. The molecule has 0 bridgehead atoms. The lowest BCUT2D eigenvalue weighted by Gasteiger charge is -2.26. The van der Waals surface area contributed by atoms with Gasteiger partial charge in [-0.3, -0.25) is 9.59 Å². The molecule has 2 heterocycles. The van der Waals surface area contributed by atoms with Gasteiger partial charge >= 0.3 is 0 Å². The maximum Gasteiger partial charge on any atom is 0.261 e. The number of amides is 2. The van der Waals surface area contributed by atoms with Crippen molar-refractivity contribution < 1.29 is 9.59 Å². The Kier molecular flexibility index (Phi) is 6.67. The van der Waals surface area contributed by atoms with Crippen LogP contribution >= 0.6 is 11.3 Å². The SMILES string of the molecule is CCCc1cc(C(=O)NCc2ccc(C(=O)N3CCCCC3)cc2)sc1C. The largest absolute Gasteiger partial charge is 0.347 e. The van der Waals surface area contributed by atoms with Gasteiger partial charge in [-0.25, -0.2) is 0 Å². The summed E-state index contributed by atoms with van der Waals surface area (Å²) in [5.41, 5.74) is 3.00. The van der Waals surface area contributed by atoms with Gasteiger partial charge < -0.3 is 10.2 Å². The number of nitrogens with one attached hydrogen (secondary N) is 1. The first-order valence-corrected chi connectivity index (χ1v) is 10.7. The fourth-order valence-electron chi connectivity index (χ4n) is 3.46. The molecule has 1 aliphatic heterocycles. The molecule has 0 atom stereocenters. The third kappa shape index (κ3) is 4.98. The Morgan fingerprint density at radius 1 is 1.11 bits per heavy atom. The van der Waals surface area contributed by atoms with E-state index in [0.717, 1.165) is 54.8 Å². The van der Waals surface area contributed by atoms with Gasteiger partial charge in [0.05, 0.1) is 4.88 Å². The Morgan fingerprint density at radius 2 is 1.81 bits per heavy atom. The lowest BCUT2D eigenvalue weighted by molar-refractivity contribution is 0.0724. The highest BCUT2D eigenvalue weighted by atomic mass is 32.1. The molecule has 0 unspecified atom stereocenters. The van der Waals surface area contributed by atoms with E-state index in [1.54, 1.807) is 11.3 Å². The summed E-state index contributed by atoms with van der Waals surface area (Å²) in [5, 5.41) is 2.99. The molecule has 144 valence electrons. The Hall–Kier alpha value is -2.14. The molecule has 0 saturated carbocycles. The predicted molar refractivity (Wildman–Crippen MR) is 110 cm³/mol. The van der Waals surface area contributed by atoms with Crippen LogP contribution in [0.2, 0.25) is 0 Å². The number of carbonyl (C=O) groups excluding carboxylic acids is 2. The fraction of sp³-hybridized carbons (Fsp3) is 0.455. The fourth-order valence-corrected chi connectivity index (χ4v) is 4.45. The molecule has 27 heavy (non-hydrogen) atoms. The van der Waals surface area contributed by atoms with Crippen LogP contribution in [0.4, 0.5) is 0 Å². The smallest absolute Gasteiger partial charge is 0.261 e. The standard InChI is InChI=1S/C22H28N2O2S/c1-3-7-19-14-20(27-16(19)2)21(25)23-15-17-8-10-18(11-9-17)22(26)24-12-5-4-6-13-24/h8-11,14H,3-7,12-13,15H2,1-2H3,(H,23,25). The first-order valence-electron chi connectivity index (χ1n) is 9.84. The summed E-state index contributed by atoms with van der Waals surface area (Å²) >= 11 is 1.56. The van der Waals surface area contributed by atoms with E-state index in [-0.39, 0.29) is 11.8 Å². The predicted octanol–water partition coefficient (Wildman–Crippen LogP) is 4.57. The van der Waals surface area contributed by atoms with E-state index >= 15 is 0 Å². The molecule has 5 heteroatoms. The molecule has 1 saturated heterocycles. The van der Waals surface area contributed by atoms with E-state index in [4.69, 9.17) is 0 Å². The molecular weight excluding hydrogens is 356 g/mol. The van der Waals surface area contributed by atoms with Crippen LogP contribution in [0.15, 0.2) is 30.3 Å². The van der Waals surface area contributed by atoms with Crippen LogP contribution in [0, 0.1) is 6.92 Å². The number of piperidine rings is 1. The van der Waals surface area contributed by atoms with Crippen molar-refractivity contribution in [3.05, 3.63) is 56.8 Å². The van der Waals surface area contributed by atoms with Gasteiger partial charge in [-0.2, -0.15) is 0 Å². The summed E-state index contributed by atoms with van der Waals surface area (Å²) < 4.78 is 0. The van der Waals surface area contributed by atoms with E-state index in [1.165, 1.54) is 16.9 Å². The number of likely N-dealkylation sites (tertiary alicyclic amines) is 1. The number of carbonyl (C=O) groups is 2. The van der Waals surface area contributed by atoms with Gasteiger partial charge in [-0.05, 0) is 61.9 Å². The summed E-state index contributed by atoms with van der Waals surface area (Å²) in [4.78, 5) is 28.8. The highest BCUT2D eigenvalue weighted by Gasteiger charge is 2.18. The van der Waals surface area contributed by atoms with Crippen molar-refractivity contribution in [1.82, 2.24) is 10.2 Å². The first-order chi connectivity index (χ1) is 13.1. The highest BCUT2D eigenvalue weighted by molar-refractivity contribution is 7.14. The molecule has 4 nitrogen and oxygen atoms in total. The van der Waals surface area contributed by atoms with Crippen LogP contribution in [0.1, 0.15) is 68.6 Å². The number of aryl methyl sites for hydroxylation is 2. The molecule has 1 fully saturated rings. The normalized spacial score (nSPS) is 14.2. The molecule has 3 rings (SSSR count). The van der Waals surface area contributed by atoms with E-state index in [2.05, 4.69) is 19.2 Å². The molecule has 1 aliphatic rings. The number of thiophene rings is 1. The number of nitrogens with zero attached hydrogens (tertiary/aromatic N) is 1. The van der Waals surface area contributed by atoms with Crippen LogP contribution < -0.4 is 5.32 Å². The van der Waals surface area contributed by atoms with Crippen molar-refractivity contribution in [2.75, 3.05) is 13.1 Å². The average Bonchev–Trinajstić information content (AvgIpc) is 3.07. The van der Waals surface area contributed by atoms with E-state index in [1.807, 2.05) is 35.2 Å². The van der Waals surface area contributed by atoms with E-state index in [0.29, 0.717) is 6.54 Å². The quantitative estimate of drug-likeness (QED) is 0.793. The van der Waals surface area contributed by atoms with E-state index < -0.39 is 0 Å². The lowest BCUT2D eigenvalue weighted by atomic mass is 10.1. The number of hydrogen-bond acceptors (Lipinski definition) is 3. The van der Waals surface area contributed by atoms with Crippen LogP contribution in [0.3, 0.4) is 0 Å². The second kappa shape index (κ2) is 9.18. The van der Waals surface area contributed by atoms with Crippen molar-refractivity contribution in [2.24, 2.45) is 0 Å². The van der Waals surface area contributed by atoms with Crippen LogP contribution in [0.5, 0.6) is 0 Å². The molecule has 1 N–H and O–H groups in total. The Balaban J connectivity index is 1.56. The van der Waals surface area contributed by atoms with Crippen LogP contribution in [-0.4, -0.2) is 29.8 Å². The molecule has 0 aliphatic carbocycles. The zero-order valence-corrected chi connectivity index (χ0v) is 17.0. The summed E-state index contributed by atoms with van der Waals surface area (Å²) in [6.45, 7) is 6.41. The van der Waals surface area contributed by atoms with Gasteiger partial charge in [0.1, 0.15) is 0 Å². The molecule has 1 aromatic carbocycles.